The standard InChI is InChI=1S/C15H10N2OS/c16-9-11-3-1-4-13-12(11)6-7-17(13)10-14(18)15-5-2-8-19-15/h1-8H,10H2. The molecule has 0 N–H and O–H groups in total. The summed E-state index contributed by atoms with van der Waals surface area (Å²) >= 11 is 1.45. The van der Waals surface area contributed by atoms with Gasteiger partial charge in [-0.3, -0.25) is 4.79 Å². The van der Waals surface area contributed by atoms with E-state index in [1.165, 1.54) is 11.3 Å². The number of hydrogen-bond donors (Lipinski definition) is 0. The van der Waals surface area contributed by atoms with Gasteiger partial charge in [0.1, 0.15) is 0 Å². The molecule has 0 fully saturated rings. The molecule has 2 heterocycles. The van der Waals surface area contributed by atoms with Crippen molar-refractivity contribution >= 4 is 28.0 Å². The number of benzene rings is 1. The van der Waals surface area contributed by atoms with Crippen molar-refractivity contribution < 1.29 is 4.79 Å². The third kappa shape index (κ3) is 2.05. The van der Waals surface area contributed by atoms with E-state index in [1.54, 1.807) is 6.07 Å². The molecule has 0 aliphatic heterocycles. The van der Waals surface area contributed by atoms with E-state index in [0.29, 0.717) is 12.1 Å². The molecule has 1 aromatic carbocycles. The minimum atomic E-state index is 0.0925. The Balaban J connectivity index is 1.99. The molecule has 0 amide bonds. The molecule has 0 unspecified atom stereocenters. The van der Waals surface area contributed by atoms with Gasteiger partial charge in [-0.2, -0.15) is 5.26 Å². The van der Waals surface area contributed by atoms with E-state index in [-0.39, 0.29) is 5.78 Å². The second-order valence-electron chi connectivity index (χ2n) is 4.19. The Bertz CT molecular complexity index is 778. The highest BCUT2D eigenvalue weighted by Gasteiger charge is 2.10. The molecule has 19 heavy (non-hydrogen) atoms. The van der Waals surface area contributed by atoms with E-state index in [0.717, 1.165) is 15.8 Å². The Morgan fingerprint density at radius 2 is 2.16 bits per heavy atom. The SMILES string of the molecule is N#Cc1cccc2c1ccn2CC(=O)c1cccs1. The number of ketones is 1. The number of rotatable bonds is 3. The zero-order valence-electron chi connectivity index (χ0n) is 10.0. The summed E-state index contributed by atoms with van der Waals surface area (Å²) in [6.45, 7) is 0.304. The summed E-state index contributed by atoms with van der Waals surface area (Å²) in [7, 11) is 0. The first-order chi connectivity index (χ1) is 9.29. The van der Waals surface area contributed by atoms with Crippen molar-refractivity contribution in [1.82, 2.24) is 4.57 Å². The van der Waals surface area contributed by atoms with E-state index in [4.69, 9.17) is 5.26 Å². The molecule has 2 aromatic heterocycles. The molecule has 0 bridgehead atoms. The van der Waals surface area contributed by atoms with Gasteiger partial charge in [0.05, 0.1) is 23.1 Å². The number of nitrogens with zero attached hydrogens (tertiary/aromatic N) is 2. The van der Waals surface area contributed by atoms with E-state index in [2.05, 4.69) is 6.07 Å². The molecule has 92 valence electrons. The van der Waals surface area contributed by atoms with Crippen LogP contribution in [0.4, 0.5) is 0 Å². The fourth-order valence-electron chi connectivity index (χ4n) is 2.13. The van der Waals surface area contributed by atoms with Crippen LogP contribution in [-0.2, 0) is 6.54 Å². The van der Waals surface area contributed by atoms with Crippen molar-refractivity contribution in [3.8, 4) is 6.07 Å². The van der Waals surface area contributed by atoms with Gasteiger partial charge in [0.25, 0.3) is 0 Å². The summed E-state index contributed by atoms with van der Waals surface area (Å²) in [5.74, 6) is 0.0925. The maximum atomic E-state index is 12.1. The van der Waals surface area contributed by atoms with Gasteiger partial charge >= 0.3 is 0 Å². The van der Waals surface area contributed by atoms with Gasteiger partial charge in [0.2, 0.25) is 0 Å². The van der Waals surface area contributed by atoms with E-state index < -0.39 is 0 Å². The second-order valence-corrected chi connectivity index (χ2v) is 5.14. The molecule has 0 radical (unpaired) electrons. The molecular weight excluding hydrogens is 256 g/mol. The van der Waals surface area contributed by atoms with Crippen molar-refractivity contribution in [3.63, 3.8) is 0 Å². The molecule has 0 saturated heterocycles. The van der Waals surface area contributed by atoms with E-state index >= 15 is 0 Å². The Labute approximate surface area is 114 Å². The van der Waals surface area contributed by atoms with Crippen LogP contribution in [0.2, 0.25) is 0 Å². The molecule has 3 aromatic rings. The van der Waals surface area contributed by atoms with Crippen LogP contribution in [-0.4, -0.2) is 10.4 Å². The molecule has 4 heteroatoms. The fraction of sp³-hybridized carbons (Fsp3) is 0.0667. The minimum absolute atomic E-state index is 0.0925. The number of thiophene rings is 1. The number of carbonyl (C=O) groups is 1. The third-order valence-electron chi connectivity index (χ3n) is 3.04. The number of aromatic nitrogens is 1. The summed E-state index contributed by atoms with van der Waals surface area (Å²) < 4.78 is 1.89. The summed E-state index contributed by atoms with van der Waals surface area (Å²) in [5, 5.41) is 11.8. The van der Waals surface area contributed by atoms with Crippen molar-refractivity contribution in [2.24, 2.45) is 0 Å². The van der Waals surface area contributed by atoms with Gasteiger partial charge in [-0.05, 0) is 29.6 Å². The number of hydrogen-bond acceptors (Lipinski definition) is 3. The Morgan fingerprint density at radius 1 is 1.26 bits per heavy atom. The zero-order valence-corrected chi connectivity index (χ0v) is 10.9. The number of nitriles is 1. The van der Waals surface area contributed by atoms with Gasteiger partial charge < -0.3 is 4.57 Å². The molecule has 3 nitrogen and oxygen atoms in total. The van der Waals surface area contributed by atoms with Crippen LogP contribution >= 0.6 is 11.3 Å². The zero-order chi connectivity index (χ0) is 13.2. The van der Waals surface area contributed by atoms with Gasteiger partial charge in [0, 0.05) is 17.1 Å². The van der Waals surface area contributed by atoms with Gasteiger partial charge in [-0.1, -0.05) is 12.1 Å². The van der Waals surface area contributed by atoms with Crippen LogP contribution in [0.25, 0.3) is 10.9 Å². The fourth-order valence-corrected chi connectivity index (χ4v) is 2.79. The van der Waals surface area contributed by atoms with E-state index in [9.17, 15) is 4.79 Å². The van der Waals surface area contributed by atoms with Crippen LogP contribution in [0.5, 0.6) is 0 Å². The highest BCUT2D eigenvalue weighted by atomic mass is 32.1. The van der Waals surface area contributed by atoms with Crippen molar-refractivity contribution in [2.75, 3.05) is 0 Å². The maximum absolute atomic E-state index is 12.1. The summed E-state index contributed by atoms with van der Waals surface area (Å²) in [4.78, 5) is 12.9. The predicted molar refractivity (Wildman–Crippen MR) is 75.3 cm³/mol. The summed E-state index contributed by atoms with van der Waals surface area (Å²) in [6.07, 6.45) is 1.86. The van der Waals surface area contributed by atoms with Crippen molar-refractivity contribution in [2.45, 2.75) is 6.54 Å². The lowest BCUT2D eigenvalue weighted by Crippen LogP contribution is -2.07. The predicted octanol–water partition coefficient (Wildman–Crippen LogP) is 3.46. The lowest BCUT2D eigenvalue weighted by Gasteiger charge is -2.03. The Morgan fingerprint density at radius 3 is 2.89 bits per heavy atom. The van der Waals surface area contributed by atoms with Crippen molar-refractivity contribution in [1.29, 1.82) is 5.26 Å². The van der Waals surface area contributed by atoms with Crippen LogP contribution in [0.1, 0.15) is 15.2 Å². The quantitative estimate of drug-likeness (QED) is 0.681. The molecule has 0 spiro atoms. The normalized spacial score (nSPS) is 10.5. The number of Topliss-reactive ketones (excluding diaryl/α,β-unsaturated/α-hetero) is 1. The number of fused-ring (bicyclic) bond motifs is 1. The molecule has 0 atom stereocenters. The smallest absolute Gasteiger partial charge is 0.192 e. The molecule has 0 aliphatic carbocycles. The topological polar surface area (TPSA) is 45.8 Å². The monoisotopic (exact) mass is 266 g/mol. The van der Waals surface area contributed by atoms with Crippen LogP contribution < -0.4 is 0 Å². The van der Waals surface area contributed by atoms with Crippen molar-refractivity contribution in [3.05, 3.63) is 58.4 Å². The summed E-state index contributed by atoms with van der Waals surface area (Å²) in [5.41, 5.74) is 1.56. The lowest BCUT2D eigenvalue weighted by molar-refractivity contribution is 0.0977. The Hall–Kier alpha value is -2.38. The van der Waals surface area contributed by atoms with Crippen LogP contribution in [0.3, 0.4) is 0 Å². The molecule has 0 saturated carbocycles. The Kier molecular flexibility index (Phi) is 2.90. The first-order valence-electron chi connectivity index (χ1n) is 5.84. The molecular formula is C15H10N2OS. The second kappa shape index (κ2) is 4.71. The third-order valence-corrected chi connectivity index (χ3v) is 3.95. The molecule has 0 aliphatic rings. The average Bonchev–Trinajstić information content (AvgIpc) is 3.08. The summed E-state index contributed by atoms with van der Waals surface area (Å²) in [6, 6.07) is 13.3. The highest BCUT2D eigenvalue weighted by molar-refractivity contribution is 7.12. The van der Waals surface area contributed by atoms with Crippen LogP contribution in [0, 0.1) is 11.3 Å². The van der Waals surface area contributed by atoms with Gasteiger partial charge in [-0.15, -0.1) is 11.3 Å². The van der Waals surface area contributed by atoms with Gasteiger partial charge in [-0.25, -0.2) is 0 Å². The maximum Gasteiger partial charge on any atom is 0.192 e. The van der Waals surface area contributed by atoms with Gasteiger partial charge in [0.15, 0.2) is 5.78 Å². The van der Waals surface area contributed by atoms with E-state index in [1.807, 2.05) is 46.5 Å². The molecule has 3 rings (SSSR count). The number of carbonyl (C=O) groups excluding carboxylic acids is 1. The lowest BCUT2D eigenvalue weighted by atomic mass is 10.1. The first-order valence-corrected chi connectivity index (χ1v) is 6.72. The van der Waals surface area contributed by atoms with Crippen LogP contribution in [0.15, 0.2) is 48.0 Å². The largest absolute Gasteiger partial charge is 0.340 e. The minimum Gasteiger partial charge on any atom is -0.340 e. The average molecular weight is 266 g/mol. The first kappa shape index (κ1) is 11.7. The highest BCUT2D eigenvalue weighted by Crippen LogP contribution is 2.20.